The number of hydrogen-bond acceptors (Lipinski definition) is 2. The van der Waals surface area contributed by atoms with Crippen molar-refractivity contribution in [3.05, 3.63) is 0 Å². The van der Waals surface area contributed by atoms with Gasteiger partial charge < -0.3 is 10.6 Å². The lowest BCUT2D eigenvalue weighted by molar-refractivity contribution is -0.132. The maximum atomic E-state index is 12.0. The Hall–Kier alpha value is -0.570. The molecular formula is C16H32N2O. The molecule has 0 aromatic rings. The van der Waals surface area contributed by atoms with E-state index in [1.807, 2.05) is 4.90 Å². The number of carbonyl (C=O) groups is 1. The van der Waals surface area contributed by atoms with Gasteiger partial charge in [-0.1, -0.05) is 51.9 Å². The Morgan fingerprint density at radius 2 is 1.74 bits per heavy atom. The van der Waals surface area contributed by atoms with Crippen molar-refractivity contribution in [1.29, 1.82) is 0 Å². The van der Waals surface area contributed by atoms with Crippen molar-refractivity contribution in [3.8, 4) is 0 Å². The topological polar surface area (TPSA) is 46.3 Å². The summed E-state index contributed by atoms with van der Waals surface area (Å²) in [6.07, 6.45) is 13.2. The molecule has 0 spiro atoms. The van der Waals surface area contributed by atoms with Crippen LogP contribution in [-0.4, -0.2) is 29.9 Å². The molecule has 0 bridgehead atoms. The number of carbonyl (C=O) groups excluding carboxylic acids is 1. The number of nitrogens with two attached hydrogens (primary N) is 1. The summed E-state index contributed by atoms with van der Waals surface area (Å²) in [4.78, 5) is 14.0. The molecule has 1 rings (SSSR count). The van der Waals surface area contributed by atoms with Gasteiger partial charge in [-0.05, 0) is 19.3 Å². The Bertz CT molecular complexity index is 243. The number of amides is 1. The third-order valence-electron chi connectivity index (χ3n) is 4.05. The Labute approximate surface area is 118 Å². The molecule has 1 heterocycles. The van der Waals surface area contributed by atoms with Crippen molar-refractivity contribution >= 4 is 5.91 Å². The normalized spacial score (nSPS) is 19.7. The molecule has 0 aliphatic carbocycles. The van der Waals surface area contributed by atoms with Gasteiger partial charge in [-0.25, -0.2) is 0 Å². The molecule has 1 aliphatic heterocycles. The first-order valence-corrected chi connectivity index (χ1v) is 8.27. The highest BCUT2D eigenvalue weighted by atomic mass is 16.2. The average molecular weight is 268 g/mol. The SMILES string of the molecule is CCCCCCCCCCC(=O)N1CCCC(N)C1. The zero-order chi connectivity index (χ0) is 13.9. The molecule has 0 aromatic carbocycles. The predicted molar refractivity (Wildman–Crippen MR) is 81.0 cm³/mol. The van der Waals surface area contributed by atoms with Crippen molar-refractivity contribution in [2.75, 3.05) is 13.1 Å². The zero-order valence-electron chi connectivity index (χ0n) is 12.7. The number of piperidine rings is 1. The van der Waals surface area contributed by atoms with Crippen molar-refractivity contribution in [1.82, 2.24) is 4.90 Å². The number of likely N-dealkylation sites (tertiary alicyclic amines) is 1. The van der Waals surface area contributed by atoms with Crippen LogP contribution in [0.2, 0.25) is 0 Å². The van der Waals surface area contributed by atoms with Crippen LogP contribution in [0.25, 0.3) is 0 Å². The lowest BCUT2D eigenvalue weighted by Crippen LogP contribution is -2.45. The van der Waals surface area contributed by atoms with Gasteiger partial charge in [-0.3, -0.25) is 4.79 Å². The molecule has 112 valence electrons. The third-order valence-corrected chi connectivity index (χ3v) is 4.05. The van der Waals surface area contributed by atoms with Gasteiger partial charge >= 0.3 is 0 Å². The predicted octanol–water partition coefficient (Wildman–Crippen LogP) is 3.47. The molecule has 1 fully saturated rings. The van der Waals surface area contributed by atoms with Gasteiger partial charge in [0.15, 0.2) is 0 Å². The van der Waals surface area contributed by atoms with E-state index in [0.29, 0.717) is 5.91 Å². The minimum atomic E-state index is 0.205. The second-order valence-electron chi connectivity index (χ2n) is 5.97. The Balaban J connectivity index is 1.95. The lowest BCUT2D eigenvalue weighted by Gasteiger charge is -2.30. The maximum Gasteiger partial charge on any atom is 0.222 e. The average Bonchev–Trinajstić information content (AvgIpc) is 2.41. The molecule has 1 saturated heterocycles. The summed E-state index contributed by atoms with van der Waals surface area (Å²) in [5.41, 5.74) is 5.90. The molecule has 3 heteroatoms. The van der Waals surface area contributed by atoms with Crippen molar-refractivity contribution < 1.29 is 4.79 Å². The maximum absolute atomic E-state index is 12.0. The van der Waals surface area contributed by atoms with E-state index >= 15 is 0 Å². The van der Waals surface area contributed by atoms with Crippen LogP contribution >= 0.6 is 0 Å². The molecule has 1 unspecified atom stereocenters. The molecule has 3 nitrogen and oxygen atoms in total. The van der Waals surface area contributed by atoms with Gasteiger partial charge in [0, 0.05) is 25.6 Å². The van der Waals surface area contributed by atoms with Crippen LogP contribution in [0.1, 0.15) is 77.6 Å². The van der Waals surface area contributed by atoms with Crippen LogP contribution in [0.3, 0.4) is 0 Å². The fourth-order valence-corrected chi connectivity index (χ4v) is 2.80. The van der Waals surface area contributed by atoms with Gasteiger partial charge in [-0.15, -0.1) is 0 Å². The first kappa shape index (κ1) is 16.5. The molecule has 0 saturated carbocycles. The number of hydrogen-bond donors (Lipinski definition) is 1. The molecule has 0 aromatic heterocycles. The van der Waals surface area contributed by atoms with E-state index in [9.17, 15) is 4.79 Å². The highest BCUT2D eigenvalue weighted by Gasteiger charge is 2.20. The summed E-state index contributed by atoms with van der Waals surface area (Å²) in [6, 6.07) is 0.205. The molecule has 1 atom stereocenters. The van der Waals surface area contributed by atoms with E-state index in [1.165, 1.54) is 44.9 Å². The van der Waals surface area contributed by atoms with Crippen molar-refractivity contribution in [2.45, 2.75) is 83.6 Å². The second-order valence-corrected chi connectivity index (χ2v) is 5.97. The van der Waals surface area contributed by atoms with E-state index in [0.717, 1.165) is 38.8 Å². The summed E-state index contributed by atoms with van der Waals surface area (Å²) >= 11 is 0. The fourth-order valence-electron chi connectivity index (χ4n) is 2.80. The minimum Gasteiger partial charge on any atom is -0.341 e. The zero-order valence-corrected chi connectivity index (χ0v) is 12.7. The van der Waals surface area contributed by atoms with Crippen LogP contribution in [-0.2, 0) is 4.79 Å². The number of rotatable bonds is 9. The summed E-state index contributed by atoms with van der Waals surface area (Å²) in [5, 5.41) is 0. The lowest BCUT2D eigenvalue weighted by atomic mass is 10.0. The third kappa shape index (κ3) is 7.56. The van der Waals surface area contributed by atoms with Crippen LogP contribution in [0, 0.1) is 0 Å². The minimum absolute atomic E-state index is 0.205. The standard InChI is InChI=1S/C16H32N2O/c1-2-3-4-5-6-7-8-9-12-16(19)18-13-10-11-15(17)14-18/h15H,2-14,17H2,1H3. The summed E-state index contributed by atoms with van der Waals surface area (Å²) in [6.45, 7) is 3.94. The monoisotopic (exact) mass is 268 g/mol. The van der Waals surface area contributed by atoms with Gasteiger partial charge in [0.1, 0.15) is 0 Å². The molecule has 1 amide bonds. The summed E-state index contributed by atoms with van der Waals surface area (Å²) < 4.78 is 0. The van der Waals surface area contributed by atoms with Crippen molar-refractivity contribution in [3.63, 3.8) is 0 Å². The first-order valence-electron chi connectivity index (χ1n) is 8.27. The van der Waals surface area contributed by atoms with Gasteiger partial charge in [0.2, 0.25) is 5.91 Å². The Morgan fingerprint density at radius 1 is 1.11 bits per heavy atom. The van der Waals surface area contributed by atoms with E-state index < -0.39 is 0 Å². The van der Waals surface area contributed by atoms with E-state index in [2.05, 4.69) is 6.92 Å². The Morgan fingerprint density at radius 3 is 2.37 bits per heavy atom. The largest absolute Gasteiger partial charge is 0.341 e. The first-order chi connectivity index (χ1) is 9.24. The summed E-state index contributed by atoms with van der Waals surface area (Å²) in [5.74, 6) is 0.320. The van der Waals surface area contributed by atoms with E-state index in [-0.39, 0.29) is 6.04 Å². The van der Waals surface area contributed by atoms with Crippen LogP contribution < -0.4 is 5.73 Å². The fraction of sp³-hybridized carbons (Fsp3) is 0.938. The van der Waals surface area contributed by atoms with Gasteiger partial charge in [0.25, 0.3) is 0 Å². The van der Waals surface area contributed by atoms with Crippen molar-refractivity contribution in [2.24, 2.45) is 5.73 Å². The van der Waals surface area contributed by atoms with E-state index in [1.54, 1.807) is 0 Å². The Kier molecular flexibility index (Phi) is 8.89. The van der Waals surface area contributed by atoms with Gasteiger partial charge in [0.05, 0.1) is 0 Å². The molecular weight excluding hydrogens is 236 g/mol. The molecule has 2 N–H and O–H groups in total. The van der Waals surface area contributed by atoms with Gasteiger partial charge in [-0.2, -0.15) is 0 Å². The van der Waals surface area contributed by atoms with Crippen LogP contribution in [0.15, 0.2) is 0 Å². The molecule has 0 radical (unpaired) electrons. The number of unbranched alkanes of at least 4 members (excludes halogenated alkanes) is 7. The van der Waals surface area contributed by atoms with Crippen LogP contribution in [0.5, 0.6) is 0 Å². The number of nitrogens with zero attached hydrogens (tertiary/aromatic N) is 1. The van der Waals surface area contributed by atoms with Crippen LogP contribution in [0.4, 0.5) is 0 Å². The molecule has 1 aliphatic rings. The highest BCUT2D eigenvalue weighted by Crippen LogP contribution is 2.13. The second kappa shape index (κ2) is 10.2. The van der Waals surface area contributed by atoms with E-state index in [4.69, 9.17) is 5.73 Å². The highest BCUT2D eigenvalue weighted by molar-refractivity contribution is 5.76. The quantitative estimate of drug-likeness (QED) is 0.651. The molecule has 19 heavy (non-hydrogen) atoms. The smallest absolute Gasteiger partial charge is 0.222 e. The summed E-state index contributed by atoms with van der Waals surface area (Å²) in [7, 11) is 0.